The molecule has 0 saturated carbocycles. The summed E-state index contributed by atoms with van der Waals surface area (Å²) in [5.74, 6) is 0.860. The topological polar surface area (TPSA) is 31.5 Å². The van der Waals surface area contributed by atoms with E-state index in [1.807, 2.05) is 35.0 Å². The molecule has 0 aliphatic rings. The van der Waals surface area contributed by atoms with Gasteiger partial charge in [0.05, 0.1) is 24.4 Å². The van der Waals surface area contributed by atoms with Gasteiger partial charge in [-0.05, 0) is 69.7 Å². The van der Waals surface area contributed by atoms with Crippen LogP contribution in [0, 0.1) is 20.8 Å². The van der Waals surface area contributed by atoms with E-state index in [0.717, 1.165) is 28.1 Å². The van der Waals surface area contributed by atoms with Crippen molar-refractivity contribution in [2.45, 2.75) is 33.7 Å². The molecule has 0 radical (unpaired) electrons. The standard InChI is InChI=1S/C27H25Cl2N3O/c1-15-26-17(3)32(16(2)19-6-9-22(33-5)10-7-19)18(4)27(26)25-12-20(14-31(25)30-15)23-13-21(28)8-11-24(23)29/h6-14,16H,1-5H3. The molecule has 0 aliphatic carbocycles. The summed E-state index contributed by atoms with van der Waals surface area (Å²) in [6.45, 7) is 8.67. The Kier molecular flexibility index (Phi) is 5.38. The molecule has 3 aromatic heterocycles. The van der Waals surface area contributed by atoms with Crippen LogP contribution in [0.5, 0.6) is 5.75 Å². The zero-order valence-electron chi connectivity index (χ0n) is 19.3. The lowest BCUT2D eigenvalue weighted by molar-refractivity contribution is 0.414. The van der Waals surface area contributed by atoms with E-state index < -0.39 is 0 Å². The second kappa shape index (κ2) is 8.12. The van der Waals surface area contributed by atoms with Gasteiger partial charge in [0.1, 0.15) is 5.75 Å². The Labute approximate surface area is 203 Å². The van der Waals surface area contributed by atoms with Crippen molar-refractivity contribution in [1.29, 1.82) is 0 Å². The molecule has 5 aromatic rings. The van der Waals surface area contributed by atoms with E-state index in [0.29, 0.717) is 10.0 Å². The first kappa shape index (κ1) is 21.9. The number of rotatable bonds is 4. The lowest BCUT2D eigenvalue weighted by Gasteiger charge is -2.19. The molecule has 2 aromatic carbocycles. The third kappa shape index (κ3) is 3.49. The van der Waals surface area contributed by atoms with Gasteiger partial charge in [0.25, 0.3) is 0 Å². The Morgan fingerprint density at radius 2 is 1.61 bits per heavy atom. The van der Waals surface area contributed by atoms with Gasteiger partial charge in [-0.1, -0.05) is 35.3 Å². The Balaban J connectivity index is 1.73. The molecule has 0 aliphatic heterocycles. The smallest absolute Gasteiger partial charge is 0.118 e. The molecule has 0 amide bonds. The van der Waals surface area contributed by atoms with Crippen LogP contribution < -0.4 is 4.74 Å². The Bertz CT molecular complexity index is 1510. The summed E-state index contributed by atoms with van der Waals surface area (Å²) in [6, 6.07) is 16.1. The molecule has 5 rings (SSSR count). The van der Waals surface area contributed by atoms with Crippen molar-refractivity contribution in [1.82, 2.24) is 14.2 Å². The third-order valence-corrected chi connectivity index (χ3v) is 7.16. The molecular formula is C27H25Cl2N3O. The van der Waals surface area contributed by atoms with Gasteiger partial charge >= 0.3 is 0 Å². The molecule has 168 valence electrons. The van der Waals surface area contributed by atoms with E-state index in [9.17, 15) is 0 Å². The summed E-state index contributed by atoms with van der Waals surface area (Å²) in [7, 11) is 1.69. The van der Waals surface area contributed by atoms with Crippen LogP contribution in [-0.4, -0.2) is 21.3 Å². The molecule has 6 heteroatoms. The quantitative estimate of drug-likeness (QED) is 0.264. The number of benzene rings is 2. The average molecular weight is 478 g/mol. The highest BCUT2D eigenvalue weighted by Gasteiger charge is 2.22. The number of halogens is 2. The fourth-order valence-corrected chi connectivity index (χ4v) is 5.42. The number of aromatic nitrogens is 3. The van der Waals surface area contributed by atoms with E-state index in [2.05, 4.69) is 50.5 Å². The molecule has 0 spiro atoms. The first-order valence-corrected chi connectivity index (χ1v) is 11.6. The molecule has 0 bridgehead atoms. The van der Waals surface area contributed by atoms with Gasteiger partial charge in [-0.15, -0.1) is 0 Å². The van der Waals surface area contributed by atoms with Crippen LogP contribution in [0.25, 0.3) is 27.4 Å². The maximum absolute atomic E-state index is 6.50. The predicted octanol–water partition coefficient (Wildman–Crippen LogP) is 7.81. The van der Waals surface area contributed by atoms with Crippen molar-refractivity contribution >= 4 is 39.5 Å². The molecule has 3 heterocycles. The van der Waals surface area contributed by atoms with Gasteiger partial charge in [-0.2, -0.15) is 5.10 Å². The number of nitrogens with zero attached hydrogens (tertiary/aromatic N) is 3. The molecule has 33 heavy (non-hydrogen) atoms. The first-order valence-electron chi connectivity index (χ1n) is 10.9. The van der Waals surface area contributed by atoms with E-state index >= 15 is 0 Å². The predicted molar refractivity (Wildman–Crippen MR) is 137 cm³/mol. The van der Waals surface area contributed by atoms with Crippen molar-refractivity contribution in [3.05, 3.63) is 87.4 Å². The molecule has 1 atom stereocenters. The van der Waals surface area contributed by atoms with Gasteiger partial charge in [0.15, 0.2) is 0 Å². The monoisotopic (exact) mass is 477 g/mol. The molecule has 1 unspecified atom stereocenters. The Hall–Kier alpha value is -2.95. The minimum absolute atomic E-state index is 0.166. The highest BCUT2D eigenvalue weighted by molar-refractivity contribution is 6.35. The van der Waals surface area contributed by atoms with E-state index in [-0.39, 0.29) is 6.04 Å². The molecule has 4 nitrogen and oxygen atoms in total. The van der Waals surface area contributed by atoms with Crippen LogP contribution in [0.3, 0.4) is 0 Å². The van der Waals surface area contributed by atoms with E-state index in [1.165, 1.54) is 27.7 Å². The summed E-state index contributed by atoms with van der Waals surface area (Å²) in [6.07, 6.45) is 2.03. The molecule has 0 N–H and O–H groups in total. The van der Waals surface area contributed by atoms with Crippen LogP contribution in [-0.2, 0) is 0 Å². The van der Waals surface area contributed by atoms with E-state index in [4.69, 9.17) is 33.0 Å². The van der Waals surface area contributed by atoms with Crippen LogP contribution >= 0.6 is 23.2 Å². The average Bonchev–Trinajstić information content (AvgIpc) is 3.33. The minimum Gasteiger partial charge on any atom is -0.497 e. The zero-order chi connectivity index (χ0) is 23.4. The largest absolute Gasteiger partial charge is 0.497 e. The molecular weight excluding hydrogens is 453 g/mol. The second-order valence-electron chi connectivity index (χ2n) is 8.51. The van der Waals surface area contributed by atoms with Gasteiger partial charge in [0, 0.05) is 49.5 Å². The summed E-state index contributed by atoms with van der Waals surface area (Å²) in [4.78, 5) is 0. The number of hydrogen-bond acceptors (Lipinski definition) is 2. The maximum atomic E-state index is 6.50. The fourth-order valence-electron chi connectivity index (χ4n) is 5.02. The summed E-state index contributed by atoms with van der Waals surface area (Å²) >= 11 is 12.8. The van der Waals surface area contributed by atoms with Crippen LogP contribution in [0.1, 0.15) is 35.6 Å². The summed E-state index contributed by atoms with van der Waals surface area (Å²) in [5, 5.41) is 8.62. The summed E-state index contributed by atoms with van der Waals surface area (Å²) in [5.41, 5.74) is 7.60. The summed E-state index contributed by atoms with van der Waals surface area (Å²) < 4.78 is 9.69. The maximum Gasteiger partial charge on any atom is 0.118 e. The van der Waals surface area contributed by atoms with Crippen molar-refractivity contribution in [2.75, 3.05) is 7.11 Å². The first-order chi connectivity index (χ1) is 15.8. The number of hydrogen-bond donors (Lipinski definition) is 0. The van der Waals surface area contributed by atoms with Gasteiger partial charge < -0.3 is 9.30 Å². The van der Waals surface area contributed by atoms with Crippen molar-refractivity contribution in [2.24, 2.45) is 0 Å². The second-order valence-corrected chi connectivity index (χ2v) is 9.35. The fraction of sp³-hybridized carbons (Fsp3) is 0.222. The highest BCUT2D eigenvalue weighted by atomic mass is 35.5. The van der Waals surface area contributed by atoms with Gasteiger partial charge in [0.2, 0.25) is 0 Å². The SMILES string of the molecule is COc1ccc(C(C)n2c(C)c3c(C)nn4cc(-c5cc(Cl)ccc5Cl)cc4c3c2C)cc1. The molecule has 0 fully saturated rings. The number of aryl methyl sites for hydroxylation is 3. The van der Waals surface area contributed by atoms with Gasteiger partial charge in [-0.3, -0.25) is 0 Å². The van der Waals surface area contributed by atoms with Crippen LogP contribution in [0.4, 0.5) is 0 Å². The Morgan fingerprint density at radius 3 is 2.30 bits per heavy atom. The normalized spacial score (nSPS) is 12.6. The molecule has 0 saturated heterocycles. The minimum atomic E-state index is 0.166. The zero-order valence-corrected chi connectivity index (χ0v) is 20.8. The lowest BCUT2D eigenvalue weighted by Crippen LogP contribution is -2.10. The van der Waals surface area contributed by atoms with Crippen LogP contribution in [0.15, 0.2) is 54.7 Å². The third-order valence-electron chi connectivity index (χ3n) is 6.60. The van der Waals surface area contributed by atoms with Gasteiger partial charge in [-0.25, -0.2) is 4.52 Å². The number of ether oxygens (including phenoxy) is 1. The van der Waals surface area contributed by atoms with Crippen LogP contribution in [0.2, 0.25) is 10.0 Å². The van der Waals surface area contributed by atoms with E-state index in [1.54, 1.807) is 13.2 Å². The number of fused-ring (bicyclic) bond motifs is 3. The van der Waals surface area contributed by atoms with Crippen molar-refractivity contribution < 1.29 is 4.74 Å². The Morgan fingerprint density at radius 1 is 0.909 bits per heavy atom. The van der Waals surface area contributed by atoms with Crippen molar-refractivity contribution in [3.63, 3.8) is 0 Å². The number of methoxy groups -OCH3 is 1. The lowest BCUT2D eigenvalue weighted by atomic mass is 10.1. The van der Waals surface area contributed by atoms with Crippen molar-refractivity contribution in [3.8, 4) is 16.9 Å². The highest BCUT2D eigenvalue weighted by Crippen LogP contribution is 2.38.